The van der Waals surface area contributed by atoms with E-state index in [2.05, 4.69) is 5.32 Å². The number of benzene rings is 2. The van der Waals surface area contributed by atoms with Gasteiger partial charge in [-0.25, -0.2) is 18.5 Å². The molecule has 2 amide bonds. The van der Waals surface area contributed by atoms with E-state index in [1.165, 1.54) is 34.1 Å². The zero-order chi connectivity index (χ0) is 26.1. The lowest BCUT2D eigenvalue weighted by Crippen LogP contribution is -2.41. The van der Waals surface area contributed by atoms with Crippen molar-refractivity contribution in [2.24, 2.45) is 0 Å². The predicted molar refractivity (Wildman–Crippen MR) is 138 cm³/mol. The molecule has 9 nitrogen and oxygen atoms in total. The number of halogens is 1. The molecule has 0 radical (unpaired) electrons. The lowest BCUT2D eigenvalue weighted by atomic mass is 10.1. The molecular weight excluding hydrogens is 499 g/mol. The Morgan fingerprint density at radius 1 is 1.08 bits per heavy atom. The first-order chi connectivity index (χ1) is 17.9. The van der Waals surface area contributed by atoms with E-state index in [4.69, 9.17) is 4.74 Å². The number of hydrogen-bond donors (Lipinski definition) is 1. The second kappa shape index (κ2) is 10.0. The van der Waals surface area contributed by atoms with Crippen LogP contribution in [0.2, 0.25) is 0 Å². The number of thiophene rings is 1. The Hall–Kier alpha value is -4.25. The van der Waals surface area contributed by atoms with Gasteiger partial charge in [0.15, 0.2) is 0 Å². The van der Waals surface area contributed by atoms with E-state index in [0.717, 1.165) is 15.0 Å². The number of aromatic nitrogens is 2. The summed E-state index contributed by atoms with van der Waals surface area (Å²) in [4.78, 5) is 55.2. The second-order valence-corrected chi connectivity index (χ2v) is 9.51. The van der Waals surface area contributed by atoms with Crippen molar-refractivity contribution in [3.05, 3.63) is 91.7 Å². The van der Waals surface area contributed by atoms with Crippen molar-refractivity contribution in [3.63, 3.8) is 0 Å². The maximum absolute atomic E-state index is 14.1. The van der Waals surface area contributed by atoms with Crippen LogP contribution in [-0.2, 0) is 29.0 Å². The fourth-order valence-corrected chi connectivity index (χ4v) is 5.76. The molecule has 3 heterocycles. The van der Waals surface area contributed by atoms with Gasteiger partial charge in [-0.15, -0.1) is 11.3 Å². The number of carbonyl (C=O) groups is 2. The molecule has 5 rings (SSSR count). The molecule has 11 heteroatoms. The molecule has 0 atom stereocenters. The molecule has 0 spiro atoms. The highest BCUT2D eigenvalue weighted by Gasteiger charge is 2.29. The Kier molecular flexibility index (Phi) is 6.62. The van der Waals surface area contributed by atoms with Gasteiger partial charge in [0.1, 0.15) is 17.2 Å². The van der Waals surface area contributed by atoms with Gasteiger partial charge in [-0.2, -0.15) is 0 Å². The molecule has 1 aliphatic heterocycles. The van der Waals surface area contributed by atoms with Gasteiger partial charge in [-0.3, -0.25) is 14.2 Å². The third kappa shape index (κ3) is 4.53. The summed E-state index contributed by atoms with van der Waals surface area (Å²) in [5.41, 5.74) is -0.0685. The van der Waals surface area contributed by atoms with Crippen molar-refractivity contribution in [1.82, 2.24) is 14.0 Å². The van der Waals surface area contributed by atoms with E-state index >= 15 is 0 Å². The first-order valence-corrected chi connectivity index (χ1v) is 12.5. The van der Waals surface area contributed by atoms with Crippen LogP contribution in [0.25, 0.3) is 15.9 Å². The number of hydrogen-bond acceptors (Lipinski definition) is 6. The fraction of sp³-hybridized carbons (Fsp3) is 0.231. The average molecular weight is 523 g/mol. The normalized spacial score (nSPS) is 12.9. The summed E-state index contributed by atoms with van der Waals surface area (Å²) in [5, 5.41) is 2.83. The number of fused-ring (bicyclic) bond motifs is 3. The summed E-state index contributed by atoms with van der Waals surface area (Å²) >= 11 is 1.20. The number of rotatable bonds is 5. The molecule has 1 N–H and O–H groups in total. The van der Waals surface area contributed by atoms with Gasteiger partial charge in [0, 0.05) is 11.4 Å². The van der Waals surface area contributed by atoms with Crippen LogP contribution in [0.15, 0.2) is 64.2 Å². The molecule has 0 saturated carbocycles. The number of para-hydroxylation sites is 2. The maximum atomic E-state index is 14.1. The zero-order valence-corrected chi connectivity index (χ0v) is 20.7. The number of anilines is 1. The summed E-state index contributed by atoms with van der Waals surface area (Å²) < 4.78 is 21.5. The first kappa shape index (κ1) is 24.4. The Morgan fingerprint density at radius 2 is 1.81 bits per heavy atom. The number of amides is 2. The number of ether oxygens (including phenoxy) is 1. The molecule has 0 bridgehead atoms. The Labute approximate surface area is 214 Å². The molecular formula is C26H23FN4O5S. The molecule has 37 heavy (non-hydrogen) atoms. The van der Waals surface area contributed by atoms with Gasteiger partial charge in [-0.1, -0.05) is 30.3 Å². The minimum Gasteiger partial charge on any atom is -0.450 e. The molecule has 2 aromatic carbocycles. The van der Waals surface area contributed by atoms with Gasteiger partial charge < -0.3 is 15.0 Å². The quantitative estimate of drug-likeness (QED) is 0.432. The number of nitrogens with zero attached hydrogens (tertiary/aromatic N) is 3. The highest BCUT2D eigenvalue weighted by Crippen LogP contribution is 2.33. The fourth-order valence-electron chi connectivity index (χ4n) is 4.42. The van der Waals surface area contributed by atoms with Crippen molar-refractivity contribution in [2.75, 3.05) is 18.5 Å². The topological polar surface area (TPSA) is 103 Å². The predicted octanol–water partition coefficient (Wildman–Crippen LogP) is 3.51. The molecule has 0 fully saturated rings. The van der Waals surface area contributed by atoms with E-state index in [-0.39, 0.29) is 18.8 Å². The van der Waals surface area contributed by atoms with E-state index in [9.17, 15) is 23.6 Å². The Balaban J connectivity index is 1.64. The minimum atomic E-state index is -0.687. The third-order valence-corrected chi connectivity index (χ3v) is 7.35. The Bertz CT molecular complexity index is 1630. The van der Waals surface area contributed by atoms with Crippen LogP contribution >= 0.6 is 11.3 Å². The standard InChI is InChI=1S/C26H23FN4O5S/c1-2-36-26(35)29-13-12-17-20(14-29)37-24-22(17)23(33)31(16-8-4-3-5-9-16)25(34)30(24)15-21(32)28-19-11-7-6-10-18(19)27/h3-11H,2,12-15H2,1H3,(H,28,32). The van der Waals surface area contributed by atoms with Crippen LogP contribution < -0.4 is 16.6 Å². The van der Waals surface area contributed by atoms with E-state index in [1.807, 2.05) is 0 Å². The van der Waals surface area contributed by atoms with Gasteiger partial charge in [0.25, 0.3) is 5.56 Å². The third-order valence-electron chi connectivity index (χ3n) is 6.11. The summed E-state index contributed by atoms with van der Waals surface area (Å²) in [5.74, 6) is -1.22. The van der Waals surface area contributed by atoms with Crippen LogP contribution in [0.4, 0.5) is 14.9 Å². The molecule has 0 saturated heterocycles. The SMILES string of the molecule is CCOC(=O)N1CCc2c(sc3c2c(=O)n(-c2ccccc2)c(=O)n3CC(=O)Nc2ccccc2F)C1. The van der Waals surface area contributed by atoms with Gasteiger partial charge in [0.05, 0.1) is 29.9 Å². The maximum Gasteiger partial charge on any atom is 0.410 e. The lowest BCUT2D eigenvalue weighted by Gasteiger charge is -2.25. The van der Waals surface area contributed by atoms with Crippen molar-refractivity contribution in [3.8, 4) is 5.69 Å². The minimum absolute atomic E-state index is 0.0104. The van der Waals surface area contributed by atoms with Crippen molar-refractivity contribution >= 4 is 39.2 Å². The van der Waals surface area contributed by atoms with Crippen LogP contribution in [0.5, 0.6) is 0 Å². The molecule has 4 aromatic rings. The van der Waals surface area contributed by atoms with Crippen molar-refractivity contribution < 1.29 is 18.7 Å². The number of carbonyl (C=O) groups excluding carboxylic acids is 2. The van der Waals surface area contributed by atoms with Crippen LogP contribution in [0.1, 0.15) is 17.4 Å². The van der Waals surface area contributed by atoms with E-state index in [0.29, 0.717) is 28.9 Å². The number of nitrogens with one attached hydrogen (secondary N) is 1. The summed E-state index contributed by atoms with van der Waals surface area (Å²) in [6.07, 6.45) is -0.0494. The molecule has 2 aromatic heterocycles. The highest BCUT2D eigenvalue weighted by atomic mass is 32.1. The zero-order valence-electron chi connectivity index (χ0n) is 19.9. The highest BCUT2D eigenvalue weighted by molar-refractivity contribution is 7.18. The molecule has 1 aliphatic rings. The van der Waals surface area contributed by atoms with E-state index < -0.39 is 35.6 Å². The first-order valence-electron chi connectivity index (χ1n) is 11.7. The smallest absolute Gasteiger partial charge is 0.410 e. The van der Waals surface area contributed by atoms with Gasteiger partial charge >= 0.3 is 11.8 Å². The molecule has 190 valence electrons. The summed E-state index contributed by atoms with van der Waals surface area (Å²) in [6, 6.07) is 14.2. The van der Waals surface area contributed by atoms with Gasteiger partial charge in [0.2, 0.25) is 5.91 Å². The molecule has 0 unspecified atom stereocenters. The van der Waals surface area contributed by atoms with Crippen molar-refractivity contribution in [2.45, 2.75) is 26.4 Å². The monoisotopic (exact) mass is 522 g/mol. The van der Waals surface area contributed by atoms with Crippen molar-refractivity contribution in [1.29, 1.82) is 0 Å². The van der Waals surface area contributed by atoms with Crippen LogP contribution in [0, 0.1) is 5.82 Å². The van der Waals surface area contributed by atoms with Crippen LogP contribution in [0.3, 0.4) is 0 Å². The second-order valence-electron chi connectivity index (χ2n) is 8.43. The molecule has 0 aliphatic carbocycles. The van der Waals surface area contributed by atoms with Crippen LogP contribution in [-0.4, -0.2) is 39.2 Å². The van der Waals surface area contributed by atoms with E-state index in [1.54, 1.807) is 48.2 Å². The summed E-state index contributed by atoms with van der Waals surface area (Å²) in [7, 11) is 0. The van der Waals surface area contributed by atoms with Gasteiger partial charge in [-0.05, 0) is 43.2 Å². The average Bonchev–Trinajstić information content (AvgIpc) is 3.28. The Morgan fingerprint density at radius 3 is 2.54 bits per heavy atom. The largest absolute Gasteiger partial charge is 0.450 e. The lowest BCUT2D eigenvalue weighted by molar-refractivity contribution is -0.116. The summed E-state index contributed by atoms with van der Waals surface area (Å²) in [6.45, 7) is 2.12.